The van der Waals surface area contributed by atoms with Crippen LogP contribution < -0.4 is 11.1 Å². The van der Waals surface area contributed by atoms with Gasteiger partial charge in [-0.15, -0.1) is 0 Å². The maximum absolute atomic E-state index is 5.92. The van der Waals surface area contributed by atoms with Crippen molar-refractivity contribution in [3.8, 4) is 0 Å². The van der Waals surface area contributed by atoms with Crippen LogP contribution >= 0.6 is 0 Å². The monoisotopic (exact) mass is 265 g/mol. The summed E-state index contributed by atoms with van der Waals surface area (Å²) in [6, 6.07) is 13.6. The molecule has 1 aromatic carbocycles. The molecular weight excluding hydrogens is 250 g/mol. The van der Waals surface area contributed by atoms with Crippen molar-refractivity contribution in [1.29, 1.82) is 0 Å². The molecule has 0 bridgehead atoms. The average molecular weight is 265 g/mol. The number of para-hydroxylation sites is 2. The second kappa shape index (κ2) is 5.13. The van der Waals surface area contributed by atoms with Crippen molar-refractivity contribution in [1.82, 2.24) is 15.0 Å². The number of anilines is 2. The van der Waals surface area contributed by atoms with Crippen molar-refractivity contribution < 1.29 is 0 Å². The summed E-state index contributed by atoms with van der Waals surface area (Å²) in [5.41, 5.74) is 9.47. The van der Waals surface area contributed by atoms with E-state index >= 15 is 0 Å². The molecule has 20 heavy (non-hydrogen) atoms. The van der Waals surface area contributed by atoms with Gasteiger partial charge in [-0.05, 0) is 31.2 Å². The van der Waals surface area contributed by atoms with Gasteiger partial charge in [0, 0.05) is 5.69 Å². The predicted molar refractivity (Wildman–Crippen MR) is 80.3 cm³/mol. The molecule has 0 amide bonds. The zero-order valence-corrected chi connectivity index (χ0v) is 11.2. The van der Waals surface area contributed by atoms with Gasteiger partial charge in [-0.1, -0.05) is 18.2 Å². The van der Waals surface area contributed by atoms with E-state index < -0.39 is 0 Å². The fraction of sp³-hybridized carbons (Fsp3) is 0.133. The van der Waals surface area contributed by atoms with Crippen LogP contribution in [-0.4, -0.2) is 15.0 Å². The Labute approximate surface area is 116 Å². The van der Waals surface area contributed by atoms with Gasteiger partial charge in [0.1, 0.15) is 0 Å². The SMILES string of the molecule is Cc1cccc(CNc2nc3ccccc3nc2N)n1. The number of nitrogens with one attached hydrogen (secondary N) is 1. The topological polar surface area (TPSA) is 76.7 Å². The summed E-state index contributed by atoms with van der Waals surface area (Å²) in [6.45, 7) is 2.53. The fourth-order valence-electron chi connectivity index (χ4n) is 2.02. The smallest absolute Gasteiger partial charge is 0.169 e. The minimum Gasteiger partial charge on any atom is -0.381 e. The predicted octanol–water partition coefficient (Wildman–Crippen LogP) is 2.53. The highest BCUT2D eigenvalue weighted by Gasteiger charge is 2.05. The van der Waals surface area contributed by atoms with Gasteiger partial charge in [0.2, 0.25) is 0 Å². The summed E-state index contributed by atoms with van der Waals surface area (Å²) in [5, 5.41) is 3.19. The molecule has 100 valence electrons. The molecule has 0 fully saturated rings. The number of pyridine rings is 1. The van der Waals surface area contributed by atoms with Gasteiger partial charge in [0.15, 0.2) is 11.6 Å². The largest absolute Gasteiger partial charge is 0.381 e. The van der Waals surface area contributed by atoms with Gasteiger partial charge >= 0.3 is 0 Å². The number of nitrogens with two attached hydrogens (primary N) is 1. The lowest BCUT2D eigenvalue weighted by Crippen LogP contribution is -2.07. The lowest BCUT2D eigenvalue weighted by molar-refractivity contribution is 1.00. The molecule has 0 unspecified atom stereocenters. The molecule has 0 saturated carbocycles. The van der Waals surface area contributed by atoms with Gasteiger partial charge < -0.3 is 11.1 Å². The Hall–Kier alpha value is -2.69. The third kappa shape index (κ3) is 2.51. The Bertz CT molecular complexity index is 754. The van der Waals surface area contributed by atoms with Crippen LogP contribution in [0.2, 0.25) is 0 Å². The molecule has 0 atom stereocenters. The summed E-state index contributed by atoms with van der Waals surface area (Å²) in [7, 11) is 0. The maximum atomic E-state index is 5.92. The third-order valence-corrected chi connectivity index (χ3v) is 2.98. The average Bonchev–Trinajstić information content (AvgIpc) is 2.45. The number of hydrogen-bond acceptors (Lipinski definition) is 5. The van der Waals surface area contributed by atoms with Crippen molar-refractivity contribution >= 4 is 22.7 Å². The van der Waals surface area contributed by atoms with E-state index in [1.165, 1.54) is 0 Å². The van der Waals surface area contributed by atoms with Crippen molar-refractivity contribution in [2.45, 2.75) is 13.5 Å². The van der Waals surface area contributed by atoms with E-state index in [4.69, 9.17) is 5.73 Å². The molecule has 0 saturated heterocycles. The van der Waals surface area contributed by atoms with Gasteiger partial charge in [0.05, 0.1) is 23.3 Å². The number of nitrogens with zero attached hydrogens (tertiary/aromatic N) is 3. The summed E-state index contributed by atoms with van der Waals surface area (Å²) in [4.78, 5) is 13.3. The lowest BCUT2D eigenvalue weighted by atomic mass is 10.3. The van der Waals surface area contributed by atoms with E-state index in [0.29, 0.717) is 18.2 Å². The van der Waals surface area contributed by atoms with Crippen LogP contribution in [0.4, 0.5) is 11.6 Å². The number of rotatable bonds is 3. The molecular formula is C15H15N5. The molecule has 0 aliphatic heterocycles. The third-order valence-electron chi connectivity index (χ3n) is 2.98. The van der Waals surface area contributed by atoms with E-state index in [-0.39, 0.29) is 0 Å². The Morgan fingerprint density at radius 2 is 1.70 bits per heavy atom. The number of hydrogen-bond donors (Lipinski definition) is 2. The van der Waals surface area contributed by atoms with E-state index in [0.717, 1.165) is 22.4 Å². The van der Waals surface area contributed by atoms with Crippen molar-refractivity contribution in [3.63, 3.8) is 0 Å². The quantitative estimate of drug-likeness (QED) is 0.761. The molecule has 3 rings (SSSR count). The standard InChI is InChI=1S/C15H15N5/c1-10-5-4-6-11(18-10)9-17-15-14(16)19-12-7-2-3-8-13(12)20-15/h2-8H,9H2,1H3,(H2,16,19)(H,17,20). The first-order chi connectivity index (χ1) is 9.72. The zero-order valence-electron chi connectivity index (χ0n) is 11.2. The van der Waals surface area contributed by atoms with Crippen LogP contribution in [0, 0.1) is 6.92 Å². The molecule has 0 aliphatic rings. The minimum absolute atomic E-state index is 0.399. The second-order valence-corrected chi connectivity index (χ2v) is 4.57. The van der Waals surface area contributed by atoms with Crippen molar-refractivity contribution in [3.05, 3.63) is 53.9 Å². The highest BCUT2D eigenvalue weighted by molar-refractivity contribution is 5.79. The molecule has 3 N–H and O–H groups in total. The Morgan fingerprint density at radius 3 is 2.45 bits per heavy atom. The molecule has 5 heteroatoms. The molecule has 0 aliphatic carbocycles. The first-order valence-corrected chi connectivity index (χ1v) is 6.41. The van der Waals surface area contributed by atoms with Crippen LogP contribution in [-0.2, 0) is 6.54 Å². The number of aryl methyl sites for hydroxylation is 1. The highest BCUT2D eigenvalue weighted by Crippen LogP contribution is 2.18. The summed E-state index contributed by atoms with van der Waals surface area (Å²) >= 11 is 0. The number of nitrogen functional groups attached to an aromatic ring is 1. The molecule has 2 aromatic heterocycles. The van der Waals surface area contributed by atoms with Crippen LogP contribution in [0.5, 0.6) is 0 Å². The van der Waals surface area contributed by atoms with E-state index in [1.807, 2.05) is 49.4 Å². The van der Waals surface area contributed by atoms with Crippen molar-refractivity contribution in [2.24, 2.45) is 0 Å². The van der Waals surface area contributed by atoms with Gasteiger partial charge in [0.25, 0.3) is 0 Å². The van der Waals surface area contributed by atoms with Gasteiger partial charge in [-0.25, -0.2) is 9.97 Å². The van der Waals surface area contributed by atoms with Crippen LogP contribution in [0.25, 0.3) is 11.0 Å². The number of fused-ring (bicyclic) bond motifs is 1. The highest BCUT2D eigenvalue weighted by atomic mass is 15.1. The Balaban J connectivity index is 1.85. The lowest BCUT2D eigenvalue weighted by Gasteiger charge is -2.09. The Kier molecular flexibility index (Phi) is 3.16. The fourth-order valence-corrected chi connectivity index (χ4v) is 2.02. The minimum atomic E-state index is 0.399. The number of benzene rings is 1. The molecule has 0 spiro atoms. The Morgan fingerprint density at radius 1 is 0.950 bits per heavy atom. The normalized spacial score (nSPS) is 10.7. The first kappa shape index (κ1) is 12.3. The van der Waals surface area contributed by atoms with E-state index in [1.54, 1.807) is 0 Å². The van der Waals surface area contributed by atoms with Gasteiger partial charge in [-0.2, -0.15) is 0 Å². The maximum Gasteiger partial charge on any atom is 0.169 e. The molecule has 5 nitrogen and oxygen atoms in total. The summed E-state index contributed by atoms with van der Waals surface area (Å²) in [5.74, 6) is 0.989. The van der Waals surface area contributed by atoms with Gasteiger partial charge in [-0.3, -0.25) is 4.98 Å². The van der Waals surface area contributed by atoms with E-state index in [9.17, 15) is 0 Å². The summed E-state index contributed by atoms with van der Waals surface area (Å²) in [6.07, 6.45) is 0. The first-order valence-electron chi connectivity index (χ1n) is 6.41. The molecule has 2 heterocycles. The van der Waals surface area contributed by atoms with Crippen LogP contribution in [0.1, 0.15) is 11.4 Å². The number of aromatic nitrogens is 3. The zero-order chi connectivity index (χ0) is 13.9. The van der Waals surface area contributed by atoms with E-state index in [2.05, 4.69) is 20.3 Å². The van der Waals surface area contributed by atoms with Crippen molar-refractivity contribution in [2.75, 3.05) is 11.1 Å². The summed E-state index contributed by atoms with van der Waals surface area (Å²) < 4.78 is 0. The van der Waals surface area contributed by atoms with Crippen LogP contribution in [0.3, 0.4) is 0 Å². The second-order valence-electron chi connectivity index (χ2n) is 4.57. The molecule has 0 radical (unpaired) electrons. The van der Waals surface area contributed by atoms with Crippen LogP contribution in [0.15, 0.2) is 42.5 Å². The molecule has 3 aromatic rings.